The van der Waals surface area contributed by atoms with Crippen LogP contribution in [0.4, 0.5) is 4.39 Å². The summed E-state index contributed by atoms with van der Waals surface area (Å²) in [5, 5.41) is 9.41. The fraction of sp³-hybridized carbons (Fsp3) is 0. The summed E-state index contributed by atoms with van der Waals surface area (Å²) >= 11 is 3.29. The van der Waals surface area contributed by atoms with Gasteiger partial charge in [-0.05, 0) is 28.1 Å². The number of hydrogen-bond acceptors (Lipinski definition) is 1. The number of H-pyrrole nitrogens is 1. The van der Waals surface area contributed by atoms with Crippen molar-refractivity contribution in [2.45, 2.75) is 0 Å². The number of hydrogen-bond donors (Lipinski definition) is 1. The van der Waals surface area contributed by atoms with Crippen LogP contribution in [-0.2, 0) is 0 Å². The molecule has 1 aromatic heterocycles. The van der Waals surface area contributed by atoms with Crippen LogP contribution in [0.25, 0.3) is 10.9 Å². The Morgan fingerprint density at radius 1 is 1.46 bits per heavy atom. The summed E-state index contributed by atoms with van der Waals surface area (Å²) in [6.07, 6.45) is 1.71. The van der Waals surface area contributed by atoms with Gasteiger partial charge in [-0.25, -0.2) is 4.39 Å². The zero-order chi connectivity index (χ0) is 9.42. The van der Waals surface area contributed by atoms with Crippen LogP contribution >= 0.6 is 15.9 Å². The van der Waals surface area contributed by atoms with E-state index in [0.717, 1.165) is 9.86 Å². The molecule has 0 amide bonds. The molecule has 2 nitrogen and oxygen atoms in total. The molecular weight excluding hydrogens is 235 g/mol. The van der Waals surface area contributed by atoms with E-state index in [1.807, 2.05) is 0 Å². The number of nitrogens with one attached hydrogen (secondary N) is 1. The minimum atomic E-state index is -0.496. The van der Waals surface area contributed by atoms with Crippen LogP contribution in [0, 0.1) is 17.1 Å². The minimum absolute atomic E-state index is 0.0628. The molecule has 0 saturated carbocycles. The average Bonchev–Trinajstić information content (AvgIpc) is 2.46. The third-order valence-corrected chi connectivity index (χ3v) is 2.50. The molecule has 13 heavy (non-hydrogen) atoms. The van der Waals surface area contributed by atoms with E-state index in [1.165, 1.54) is 12.1 Å². The second kappa shape index (κ2) is 2.86. The molecule has 0 radical (unpaired) electrons. The summed E-state index contributed by atoms with van der Waals surface area (Å²) in [5.41, 5.74) is 0.746. The summed E-state index contributed by atoms with van der Waals surface area (Å²) in [4.78, 5) is 2.88. The number of rotatable bonds is 0. The molecule has 2 aromatic rings. The van der Waals surface area contributed by atoms with Gasteiger partial charge in [-0.15, -0.1) is 0 Å². The maximum absolute atomic E-state index is 13.1. The predicted molar refractivity (Wildman–Crippen MR) is 50.7 cm³/mol. The quantitative estimate of drug-likeness (QED) is 0.754. The Bertz CT molecular complexity index is 510. The third kappa shape index (κ3) is 1.21. The minimum Gasteiger partial charge on any atom is -0.360 e. The van der Waals surface area contributed by atoms with Crippen molar-refractivity contribution in [2.75, 3.05) is 0 Å². The number of nitriles is 1. The molecule has 0 fully saturated rings. The van der Waals surface area contributed by atoms with E-state index in [9.17, 15) is 4.39 Å². The third-order valence-electron chi connectivity index (χ3n) is 1.84. The van der Waals surface area contributed by atoms with Crippen LogP contribution in [0.15, 0.2) is 22.8 Å². The number of nitrogens with zero attached hydrogens (tertiary/aromatic N) is 1. The monoisotopic (exact) mass is 238 g/mol. The topological polar surface area (TPSA) is 39.6 Å². The molecule has 0 bridgehead atoms. The Labute approximate surface area is 82.1 Å². The molecule has 0 atom stereocenters. The molecule has 1 N–H and O–H groups in total. The molecule has 0 saturated heterocycles. The largest absolute Gasteiger partial charge is 0.360 e. The van der Waals surface area contributed by atoms with E-state index in [4.69, 9.17) is 5.26 Å². The molecular formula is C9H4BrFN2. The molecule has 4 heteroatoms. The van der Waals surface area contributed by atoms with Gasteiger partial charge < -0.3 is 4.98 Å². The first kappa shape index (κ1) is 8.27. The molecule has 0 aliphatic carbocycles. The van der Waals surface area contributed by atoms with Crippen LogP contribution in [0.2, 0.25) is 0 Å². The fourth-order valence-electron chi connectivity index (χ4n) is 1.19. The molecule has 0 aliphatic rings. The van der Waals surface area contributed by atoms with E-state index in [0.29, 0.717) is 5.52 Å². The maximum Gasteiger partial charge on any atom is 0.143 e. The second-order valence-electron chi connectivity index (χ2n) is 2.63. The zero-order valence-electron chi connectivity index (χ0n) is 6.44. The standard InChI is InChI=1S/C9H4BrFN2/c10-7-4-13-9-2-8(11)5(3-12)1-6(7)9/h1-2,4,13H. The van der Waals surface area contributed by atoms with Crippen molar-refractivity contribution in [1.29, 1.82) is 5.26 Å². The van der Waals surface area contributed by atoms with Crippen LogP contribution in [-0.4, -0.2) is 4.98 Å². The first-order valence-corrected chi connectivity index (χ1v) is 4.38. The van der Waals surface area contributed by atoms with Crippen molar-refractivity contribution >= 4 is 26.8 Å². The van der Waals surface area contributed by atoms with Gasteiger partial charge in [-0.1, -0.05) is 0 Å². The van der Waals surface area contributed by atoms with Crippen molar-refractivity contribution in [3.05, 3.63) is 34.2 Å². The van der Waals surface area contributed by atoms with E-state index in [1.54, 1.807) is 12.3 Å². The lowest BCUT2D eigenvalue weighted by Gasteiger charge is -1.94. The summed E-state index contributed by atoms with van der Waals surface area (Å²) < 4.78 is 13.9. The van der Waals surface area contributed by atoms with E-state index >= 15 is 0 Å². The SMILES string of the molecule is N#Cc1cc2c(Br)c[nH]c2cc1F. The smallest absolute Gasteiger partial charge is 0.143 e. The zero-order valence-corrected chi connectivity index (χ0v) is 8.02. The van der Waals surface area contributed by atoms with Gasteiger partial charge in [0.15, 0.2) is 0 Å². The highest BCUT2D eigenvalue weighted by Gasteiger charge is 2.07. The van der Waals surface area contributed by atoms with E-state index in [-0.39, 0.29) is 5.56 Å². The Kier molecular flexibility index (Phi) is 1.82. The molecule has 0 unspecified atom stereocenters. The first-order chi connectivity index (χ1) is 6.22. The van der Waals surface area contributed by atoms with Crippen molar-refractivity contribution < 1.29 is 4.39 Å². The maximum atomic E-state index is 13.1. The molecule has 2 rings (SSSR count). The van der Waals surface area contributed by atoms with Gasteiger partial charge in [0, 0.05) is 21.6 Å². The molecule has 0 spiro atoms. The molecule has 0 aliphatic heterocycles. The van der Waals surface area contributed by atoms with Crippen molar-refractivity contribution in [1.82, 2.24) is 4.98 Å². The lowest BCUT2D eigenvalue weighted by molar-refractivity contribution is 0.625. The Hall–Kier alpha value is -1.34. The molecule has 64 valence electrons. The molecule has 1 aromatic carbocycles. The van der Waals surface area contributed by atoms with Crippen LogP contribution in [0.5, 0.6) is 0 Å². The Morgan fingerprint density at radius 3 is 2.92 bits per heavy atom. The second-order valence-corrected chi connectivity index (χ2v) is 3.48. The lowest BCUT2D eigenvalue weighted by Crippen LogP contribution is -1.82. The van der Waals surface area contributed by atoms with Gasteiger partial charge in [0.25, 0.3) is 0 Å². The number of aromatic nitrogens is 1. The van der Waals surface area contributed by atoms with Gasteiger partial charge in [0.2, 0.25) is 0 Å². The highest BCUT2D eigenvalue weighted by atomic mass is 79.9. The van der Waals surface area contributed by atoms with Crippen LogP contribution in [0.3, 0.4) is 0 Å². The van der Waals surface area contributed by atoms with Gasteiger partial charge in [-0.2, -0.15) is 5.26 Å². The first-order valence-electron chi connectivity index (χ1n) is 3.58. The lowest BCUT2D eigenvalue weighted by atomic mass is 10.1. The van der Waals surface area contributed by atoms with Crippen LogP contribution < -0.4 is 0 Å². The summed E-state index contributed by atoms with van der Waals surface area (Å²) in [6.45, 7) is 0. The number of aromatic amines is 1. The van der Waals surface area contributed by atoms with Crippen molar-refractivity contribution in [3.8, 4) is 6.07 Å². The average molecular weight is 239 g/mol. The highest BCUT2D eigenvalue weighted by molar-refractivity contribution is 9.10. The van der Waals surface area contributed by atoms with E-state index in [2.05, 4.69) is 20.9 Å². The van der Waals surface area contributed by atoms with Crippen molar-refractivity contribution in [2.24, 2.45) is 0 Å². The number of halogens is 2. The summed E-state index contributed by atoms with van der Waals surface area (Å²) in [5.74, 6) is -0.496. The van der Waals surface area contributed by atoms with Gasteiger partial charge in [0.05, 0.1) is 5.56 Å². The van der Waals surface area contributed by atoms with Gasteiger partial charge in [-0.3, -0.25) is 0 Å². The highest BCUT2D eigenvalue weighted by Crippen LogP contribution is 2.25. The summed E-state index contributed by atoms with van der Waals surface area (Å²) in [7, 11) is 0. The summed E-state index contributed by atoms with van der Waals surface area (Å²) in [6, 6.07) is 4.63. The predicted octanol–water partition coefficient (Wildman–Crippen LogP) is 2.94. The fourth-order valence-corrected chi connectivity index (χ4v) is 1.64. The van der Waals surface area contributed by atoms with Crippen LogP contribution in [0.1, 0.15) is 5.56 Å². The number of fused-ring (bicyclic) bond motifs is 1. The number of benzene rings is 1. The van der Waals surface area contributed by atoms with Crippen molar-refractivity contribution in [3.63, 3.8) is 0 Å². The van der Waals surface area contributed by atoms with Gasteiger partial charge in [0.1, 0.15) is 11.9 Å². The Balaban J connectivity index is 2.86. The van der Waals surface area contributed by atoms with E-state index < -0.39 is 5.82 Å². The normalized spacial score (nSPS) is 10.2. The Morgan fingerprint density at radius 2 is 2.23 bits per heavy atom. The van der Waals surface area contributed by atoms with Gasteiger partial charge >= 0.3 is 0 Å². The molecule has 1 heterocycles.